The predicted molar refractivity (Wildman–Crippen MR) is 106 cm³/mol. The second-order valence-corrected chi connectivity index (χ2v) is 8.46. The molecule has 0 radical (unpaired) electrons. The molecule has 1 atom stereocenters. The minimum absolute atomic E-state index is 0.288. The summed E-state index contributed by atoms with van der Waals surface area (Å²) in [7, 11) is 1.83. The SMILES string of the molecule is CN=C(NCCN(C(C)C)C1CC1)NC1CCN(C(=O)C2CCCC2)C1. The van der Waals surface area contributed by atoms with E-state index in [1.165, 1.54) is 25.7 Å². The Morgan fingerprint density at radius 3 is 2.54 bits per heavy atom. The Morgan fingerprint density at radius 2 is 1.92 bits per heavy atom. The molecule has 0 spiro atoms. The monoisotopic (exact) mass is 363 g/mol. The maximum Gasteiger partial charge on any atom is 0.225 e. The van der Waals surface area contributed by atoms with Crippen molar-refractivity contribution in [3.8, 4) is 0 Å². The first-order valence-electron chi connectivity index (χ1n) is 10.6. The molecule has 2 N–H and O–H groups in total. The molecule has 3 fully saturated rings. The molecular formula is C20H37N5O. The number of hydrogen-bond acceptors (Lipinski definition) is 3. The number of nitrogens with zero attached hydrogens (tertiary/aromatic N) is 3. The van der Waals surface area contributed by atoms with E-state index in [4.69, 9.17) is 0 Å². The topological polar surface area (TPSA) is 60.0 Å². The van der Waals surface area contributed by atoms with Crippen molar-refractivity contribution in [3.63, 3.8) is 0 Å². The third-order valence-electron chi connectivity index (χ3n) is 6.11. The lowest BCUT2D eigenvalue weighted by Gasteiger charge is -2.27. The van der Waals surface area contributed by atoms with Gasteiger partial charge >= 0.3 is 0 Å². The van der Waals surface area contributed by atoms with Gasteiger partial charge in [-0.25, -0.2) is 0 Å². The predicted octanol–water partition coefficient (Wildman–Crippen LogP) is 1.82. The van der Waals surface area contributed by atoms with Crippen molar-refractivity contribution in [1.82, 2.24) is 20.4 Å². The summed E-state index contributed by atoms with van der Waals surface area (Å²) in [5, 5.41) is 6.97. The number of rotatable bonds is 7. The van der Waals surface area contributed by atoms with Gasteiger partial charge in [0.25, 0.3) is 0 Å². The van der Waals surface area contributed by atoms with Gasteiger partial charge in [-0.05, 0) is 46.0 Å². The molecule has 1 aliphatic heterocycles. The van der Waals surface area contributed by atoms with E-state index in [1.54, 1.807) is 0 Å². The van der Waals surface area contributed by atoms with E-state index < -0.39 is 0 Å². The highest BCUT2D eigenvalue weighted by Crippen LogP contribution is 2.28. The van der Waals surface area contributed by atoms with Crippen molar-refractivity contribution in [3.05, 3.63) is 0 Å². The second-order valence-electron chi connectivity index (χ2n) is 8.46. The number of aliphatic imine (C=N–C) groups is 1. The van der Waals surface area contributed by atoms with Gasteiger partial charge in [0.2, 0.25) is 5.91 Å². The molecule has 1 saturated heterocycles. The van der Waals surface area contributed by atoms with E-state index in [1.807, 2.05) is 7.05 Å². The van der Waals surface area contributed by atoms with Crippen LogP contribution >= 0.6 is 0 Å². The van der Waals surface area contributed by atoms with Crippen LogP contribution in [0.15, 0.2) is 4.99 Å². The van der Waals surface area contributed by atoms with Crippen LogP contribution in [0.25, 0.3) is 0 Å². The van der Waals surface area contributed by atoms with Crippen LogP contribution in [-0.4, -0.2) is 73.0 Å². The zero-order valence-corrected chi connectivity index (χ0v) is 16.8. The fourth-order valence-corrected chi connectivity index (χ4v) is 4.47. The third kappa shape index (κ3) is 5.12. The summed E-state index contributed by atoms with van der Waals surface area (Å²) < 4.78 is 0. The number of carbonyl (C=O) groups is 1. The summed E-state index contributed by atoms with van der Waals surface area (Å²) >= 11 is 0. The minimum atomic E-state index is 0.288. The van der Waals surface area contributed by atoms with Gasteiger partial charge in [-0.1, -0.05) is 12.8 Å². The average Bonchev–Trinajstić information content (AvgIpc) is 3.12. The molecule has 0 aromatic rings. The molecule has 2 saturated carbocycles. The summed E-state index contributed by atoms with van der Waals surface area (Å²) in [5.41, 5.74) is 0. The van der Waals surface area contributed by atoms with Gasteiger partial charge in [0.05, 0.1) is 0 Å². The molecule has 0 aromatic heterocycles. The van der Waals surface area contributed by atoms with Crippen molar-refractivity contribution in [2.24, 2.45) is 10.9 Å². The van der Waals surface area contributed by atoms with E-state index in [0.29, 0.717) is 18.0 Å². The average molecular weight is 364 g/mol. The van der Waals surface area contributed by atoms with Crippen molar-refractivity contribution in [1.29, 1.82) is 0 Å². The van der Waals surface area contributed by atoms with Crippen molar-refractivity contribution in [2.45, 2.75) is 76.9 Å². The molecule has 0 bridgehead atoms. The van der Waals surface area contributed by atoms with Gasteiger partial charge in [0.1, 0.15) is 0 Å². The summed E-state index contributed by atoms with van der Waals surface area (Å²) in [5.74, 6) is 1.53. The minimum Gasteiger partial charge on any atom is -0.355 e. The lowest BCUT2D eigenvalue weighted by atomic mass is 10.1. The van der Waals surface area contributed by atoms with Gasteiger partial charge in [-0.2, -0.15) is 0 Å². The summed E-state index contributed by atoms with van der Waals surface area (Å²) in [6, 6.07) is 1.71. The van der Waals surface area contributed by atoms with Crippen LogP contribution in [0.2, 0.25) is 0 Å². The largest absolute Gasteiger partial charge is 0.355 e. The van der Waals surface area contributed by atoms with E-state index in [-0.39, 0.29) is 5.92 Å². The van der Waals surface area contributed by atoms with Gasteiger partial charge in [-0.15, -0.1) is 0 Å². The van der Waals surface area contributed by atoms with Crippen LogP contribution in [0.4, 0.5) is 0 Å². The number of likely N-dealkylation sites (tertiary alicyclic amines) is 1. The normalized spacial score (nSPS) is 24.7. The Kier molecular flexibility index (Phi) is 6.79. The first-order chi connectivity index (χ1) is 12.6. The standard InChI is InChI=1S/C20H37N5O/c1-15(2)25(18-8-9-18)13-11-22-20(21-3)23-17-10-12-24(14-17)19(26)16-6-4-5-7-16/h15-18H,4-14H2,1-3H3,(H2,21,22,23). The highest BCUT2D eigenvalue weighted by Gasteiger charge is 2.33. The summed E-state index contributed by atoms with van der Waals surface area (Å²) in [6.45, 7) is 8.22. The maximum absolute atomic E-state index is 12.6. The van der Waals surface area contributed by atoms with E-state index in [2.05, 4.69) is 39.3 Å². The quantitative estimate of drug-likeness (QED) is 0.535. The van der Waals surface area contributed by atoms with E-state index in [9.17, 15) is 4.79 Å². The molecule has 26 heavy (non-hydrogen) atoms. The van der Waals surface area contributed by atoms with Crippen molar-refractivity contribution < 1.29 is 4.79 Å². The molecule has 148 valence electrons. The number of amides is 1. The Bertz CT molecular complexity index is 494. The molecule has 2 aliphatic carbocycles. The molecular weight excluding hydrogens is 326 g/mol. The summed E-state index contributed by atoms with van der Waals surface area (Å²) in [4.78, 5) is 21.6. The smallest absolute Gasteiger partial charge is 0.225 e. The lowest BCUT2D eigenvalue weighted by molar-refractivity contribution is -0.134. The first kappa shape index (κ1) is 19.5. The lowest BCUT2D eigenvalue weighted by Crippen LogP contribution is -2.48. The number of nitrogens with one attached hydrogen (secondary N) is 2. The Balaban J connectivity index is 1.39. The number of guanidine groups is 1. The molecule has 3 aliphatic rings. The fraction of sp³-hybridized carbons (Fsp3) is 0.900. The fourth-order valence-electron chi connectivity index (χ4n) is 4.47. The van der Waals surface area contributed by atoms with Gasteiger partial charge in [0, 0.05) is 57.3 Å². The zero-order chi connectivity index (χ0) is 18.5. The molecule has 6 heteroatoms. The van der Waals surface area contributed by atoms with Crippen LogP contribution in [0.5, 0.6) is 0 Å². The molecule has 1 heterocycles. The highest BCUT2D eigenvalue weighted by atomic mass is 16.2. The Hall–Kier alpha value is -1.30. The third-order valence-corrected chi connectivity index (χ3v) is 6.11. The zero-order valence-electron chi connectivity index (χ0n) is 16.8. The molecule has 1 unspecified atom stereocenters. The Labute approximate surface area is 158 Å². The van der Waals surface area contributed by atoms with Crippen LogP contribution in [0.1, 0.15) is 58.8 Å². The van der Waals surface area contributed by atoms with Gasteiger partial charge in [-0.3, -0.25) is 14.7 Å². The molecule has 0 aromatic carbocycles. The molecule has 1 amide bonds. The number of hydrogen-bond donors (Lipinski definition) is 2. The van der Waals surface area contributed by atoms with Crippen molar-refractivity contribution in [2.75, 3.05) is 33.2 Å². The number of carbonyl (C=O) groups excluding carboxylic acids is 1. The second kappa shape index (κ2) is 9.07. The van der Waals surface area contributed by atoms with Crippen LogP contribution in [0, 0.1) is 5.92 Å². The van der Waals surface area contributed by atoms with Crippen LogP contribution < -0.4 is 10.6 Å². The molecule has 3 rings (SSSR count). The van der Waals surface area contributed by atoms with E-state index in [0.717, 1.165) is 57.4 Å². The highest BCUT2D eigenvalue weighted by molar-refractivity contribution is 5.81. The maximum atomic E-state index is 12.6. The molecule has 6 nitrogen and oxygen atoms in total. The van der Waals surface area contributed by atoms with Crippen LogP contribution in [0.3, 0.4) is 0 Å². The summed E-state index contributed by atoms with van der Waals surface area (Å²) in [6.07, 6.45) is 8.32. The van der Waals surface area contributed by atoms with Crippen molar-refractivity contribution >= 4 is 11.9 Å². The first-order valence-corrected chi connectivity index (χ1v) is 10.6. The van der Waals surface area contributed by atoms with Crippen LogP contribution in [-0.2, 0) is 4.79 Å². The van der Waals surface area contributed by atoms with Gasteiger partial charge in [0.15, 0.2) is 5.96 Å². The Morgan fingerprint density at radius 1 is 1.19 bits per heavy atom. The van der Waals surface area contributed by atoms with E-state index >= 15 is 0 Å². The van der Waals surface area contributed by atoms with Gasteiger partial charge < -0.3 is 15.5 Å².